The van der Waals surface area contributed by atoms with Crippen LogP contribution in [-0.2, 0) is 35.9 Å². The van der Waals surface area contributed by atoms with Gasteiger partial charge in [0.05, 0.1) is 42.2 Å². The summed E-state index contributed by atoms with van der Waals surface area (Å²) in [5.41, 5.74) is 9.74. The molecule has 4 aromatic carbocycles. The molecule has 0 fully saturated rings. The third-order valence-corrected chi connectivity index (χ3v) is 10.3. The number of nitrogens with zero attached hydrogens (tertiary/aromatic N) is 2. The molecule has 60 heavy (non-hydrogen) atoms. The van der Waals surface area contributed by atoms with Crippen molar-refractivity contribution in [3.05, 3.63) is 135 Å². The van der Waals surface area contributed by atoms with Crippen LogP contribution in [0.3, 0.4) is 0 Å². The number of hydrogen-bond acceptors (Lipinski definition) is 11. The maximum absolute atomic E-state index is 11.0. The molecular weight excluding hydrogens is 788 g/mol. The first-order chi connectivity index (χ1) is 28.9. The summed E-state index contributed by atoms with van der Waals surface area (Å²) in [7, 11) is 0. The van der Waals surface area contributed by atoms with Crippen LogP contribution in [-0.4, -0.2) is 62.6 Å². The molecule has 0 unspecified atom stereocenters. The quantitative estimate of drug-likeness (QED) is 0.0447. The molecule has 13 nitrogen and oxygen atoms in total. The number of rotatable bonds is 20. The maximum atomic E-state index is 11.0. The lowest BCUT2D eigenvalue weighted by Gasteiger charge is -2.18. The number of aromatic nitrogens is 1. The number of nitriles is 1. The lowest BCUT2D eigenvalue weighted by Crippen LogP contribution is -2.28. The summed E-state index contributed by atoms with van der Waals surface area (Å²) >= 11 is 6.77. The molecule has 6 aromatic rings. The zero-order chi connectivity index (χ0) is 42.8. The lowest BCUT2D eigenvalue weighted by molar-refractivity contribution is -0.140. The van der Waals surface area contributed by atoms with E-state index in [1.807, 2.05) is 36.4 Å². The number of aliphatic hydroxyl groups excluding tert-OH is 2. The van der Waals surface area contributed by atoms with Crippen LogP contribution in [0.25, 0.3) is 33.2 Å². The molecule has 0 radical (unpaired) electrons. The Morgan fingerprint density at radius 1 is 0.783 bits per heavy atom. The number of aliphatic carboxylic acids is 2. The number of carboxylic acid groups (broad SMARTS) is 2. The highest BCUT2D eigenvalue weighted by Crippen LogP contribution is 2.37. The van der Waals surface area contributed by atoms with E-state index in [4.69, 9.17) is 35.7 Å². The molecule has 0 bridgehead atoms. The summed E-state index contributed by atoms with van der Waals surface area (Å²) in [4.78, 5) is 26.0. The van der Waals surface area contributed by atoms with Crippen molar-refractivity contribution >= 4 is 34.5 Å². The molecule has 0 saturated carbocycles. The van der Waals surface area contributed by atoms with Gasteiger partial charge in [0.15, 0.2) is 0 Å². The molecule has 0 spiro atoms. The Bertz CT molecular complexity index is 2530. The van der Waals surface area contributed by atoms with E-state index in [1.54, 1.807) is 24.4 Å². The molecule has 0 saturated heterocycles. The molecule has 6 N–H and O–H groups in total. The van der Waals surface area contributed by atoms with Crippen LogP contribution in [0, 0.1) is 25.2 Å². The highest BCUT2D eigenvalue weighted by Gasteiger charge is 2.17. The van der Waals surface area contributed by atoms with Gasteiger partial charge in [0.25, 0.3) is 0 Å². The predicted molar refractivity (Wildman–Crippen MR) is 226 cm³/mol. The highest BCUT2D eigenvalue weighted by molar-refractivity contribution is 6.32. The first-order valence-corrected chi connectivity index (χ1v) is 19.6. The Balaban J connectivity index is 1.19. The van der Waals surface area contributed by atoms with E-state index in [0.29, 0.717) is 45.5 Å². The number of furan rings is 1. The van der Waals surface area contributed by atoms with Crippen LogP contribution < -0.4 is 20.1 Å². The van der Waals surface area contributed by atoms with E-state index < -0.39 is 30.6 Å². The number of benzene rings is 4. The second kappa shape index (κ2) is 20.1. The smallest absolute Gasteiger partial charge is 0.306 e. The van der Waals surface area contributed by atoms with Crippen molar-refractivity contribution in [1.82, 2.24) is 15.6 Å². The average Bonchev–Trinajstić information content (AvgIpc) is 3.62. The van der Waals surface area contributed by atoms with Crippen molar-refractivity contribution in [2.75, 3.05) is 13.1 Å². The van der Waals surface area contributed by atoms with Gasteiger partial charge in [0, 0.05) is 54.6 Å². The van der Waals surface area contributed by atoms with Gasteiger partial charge in [-0.25, -0.2) is 0 Å². The van der Waals surface area contributed by atoms with E-state index in [9.17, 15) is 25.1 Å². The monoisotopic (exact) mass is 832 g/mol. The Morgan fingerprint density at radius 3 is 2.17 bits per heavy atom. The minimum absolute atomic E-state index is 0.0408. The number of pyridine rings is 1. The average molecular weight is 833 g/mol. The van der Waals surface area contributed by atoms with Crippen LogP contribution in [0.1, 0.15) is 52.0 Å². The van der Waals surface area contributed by atoms with Gasteiger partial charge in [-0.3, -0.25) is 14.6 Å². The van der Waals surface area contributed by atoms with Gasteiger partial charge in [-0.05, 0) is 83.1 Å². The van der Waals surface area contributed by atoms with Crippen molar-refractivity contribution in [2.24, 2.45) is 0 Å². The third kappa shape index (κ3) is 11.3. The number of carbonyl (C=O) groups is 2. The van der Waals surface area contributed by atoms with Crippen LogP contribution in [0.4, 0.5) is 0 Å². The van der Waals surface area contributed by atoms with Crippen molar-refractivity contribution in [2.45, 2.75) is 65.2 Å². The molecule has 0 aliphatic carbocycles. The predicted octanol–water partition coefficient (Wildman–Crippen LogP) is 7.31. The Morgan fingerprint density at radius 2 is 1.45 bits per heavy atom. The third-order valence-electron chi connectivity index (χ3n) is 9.96. The largest absolute Gasteiger partial charge is 0.488 e. The van der Waals surface area contributed by atoms with E-state index in [-0.39, 0.29) is 39.3 Å². The number of ether oxygens (including phenoxy) is 2. The molecule has 2 atom stereocenters. The normalized spacial score (nSPS) is 12.2. The van der Waals surface area contributed by atoms with E-state index in [1.165, 1.54) is 6.20 Å². The number of nitrogens with one attached hydrogen (secondary N) is 2. The van der Waals surface area contributed by atoms with Crippen LogP contribution >= 0.6 is 11.6 Å². The van der Waals surface area contributed by atoms with Gasteiger partial charge in [0.1, 0.15) is 42.1 Å². The highest BCUT2D eigenvalue weighted by atomic mass is 35.5. The molecule has 310 valence electrons. The summed E-state index contributed by atoms with van der Waals surface area (Å²) in [5.74, 6) is -0.646. The number of aliphatic hydroxyl groups is 2. The minimum Gasteiger partial charge on any atom is -0.488 e. The van der Waals surface area contributed by atoms with Gasteiger partial charge in [-0.15, -0.1) is 0 Å². The van der Waals surface area contributed by atoms with E-state index >= 15 is 0 Å². The molecular formula is C46H45ClN4O9. The van der Waals surface area contributed by atoms with Gasteiger partial charge < -0.3 is 45.0 Å². The van der Waals surface area contributed by atoms with Gasteiger partial charge in [0.2, 0.25) is 0 Å². The van der Waals surface area contributed by atoms with Crippen molar-refractivity contribution in [3.63, 3.8) is 0 Å². The second-order valence-corrected chi connectivity index (χ2v) is 14.9. The van der Waals surface area contributed by atoms with Crippen LogP contribution in [0.2, 0.25) is 5.02 Å². The molecule has 2 aromatic heterocycles. The van der Waals surface area contributed by atoms with Crippen LogP contribution in [0.5, 0.6) is 11.5 Å². The molecule has 0 aliphatic heterocycles. The fraction of sp³-hybridized carbons (Fsp3) is 0.261. The topological polar surface area (TPSA) is 207 Å². The Hall–Kier alpha value is -6.27. The molecule has 0 aliphatic rings. The zero-order valence-corrected chi connectivity index (χ0v) is 33.8. The summed E-state index contributed by atoms with van der Waals surface area (Å²) in [6.45, 7) is 5.21. The van der Waals surface area contributed by atoms with Gasteiger partial charge in [-0.2, -0.15) is 5.26 Å². The standard InChI is InChI=1S/C46H45ClN4O9/c1-27-32(26-59-44-17-43(58-25-30-11-29(18-48)19-49-20-30)34(14-41(44)47)21-50-22-35(52)15-45(54)55)5-3-7-39(27)40-8-4-6-38(28(40)2)31-9-10-42-33(12-31)13-37(60-42)24-51-23-36(53)16-46(56)57/h3-14,17,19-20,35-36,50-53H,15-16,21-26H2,1-2H3,(H,54,55)(H,56,57)/t35-,36-/m0/s1. The molecule has 0 amide bonds. The van der Waals surface area contributed by atoms with E-state index in [2.05, 4.69) is 59.8 Å². The summed E-state index contributed by atoms with van der Waals surface area (Å²) < 4.78 is 18.5. The molecule has 6 rings (SSSR count). The minimum atomic E-state index is -1.10. The van der Waals surface area contributed by atoms with Gasteiger partial charge >= 0.3 is 11.9 Å². The number of carboxylic acids is 2. The number of fused-ring (bicyclic) bond motifs is 1. The van der Waals surface area contributed by atoms with E-state index in [0.717, 1.165) is 49.9 Å². The summed E-state index contributed by atoms with van der Waals surface area (Å²) in [6, 6.07) is 27.5. The SMILES string of the molecule is Cc1c(COc2cc(OCc3cncc(C#N)c3)c(CNC[C@@H](O)CC(=O)O)cc2Cl)cccc1-c1cccc(-c2ccc3oc(CNC[C@@H](O)CC(=O)O)cc3c2)c1C. The fourth-order valence-electron chi connectivity index (χ4n) is 6.91. The van der Waals surface area contributed by atoms with Crippen LogP contribution in [0.15, 0.2) is 95.7 Å². The summed E-state index contributed by atoms with van der Waals surface area (Å²) in [6.07, 6.45) is 0.285. The van der Waals surface area contributed by atoms with Crippen molar-refractivity contribution in [3.8, 4) is 39.8 Å². The molecule has 14 heteroatoms. The second-order valence-electron chi connectivity index (χ2n) is 14.5. The number of halogens is 1. The maximum Gasteiger partial charge on any atom is 0.306 e. The van der Waals surface area contributed by atoms with Gasteiger partial charge in [-0.1, -0.05) is 54.1 Å². The first kappa shape index (κ1) is 43.3. The number of hydrogen-bond donors (Lipinski definition) is 6. The summed E-state index contributed by atoms with van der Waals surface area (Å²) in [5, 5.41) is 54.5. The van der Waals surface area contributed by atoms with Crippen molar-refractivity contribution < 1.29 is 43.9 Å². The molecule has 2 heterocycles. The fourth-order valence-corrected chi connectivity index (χ4v) is 7.15. The Kier molecular flexibility index (Phi) is 14.5. The lowest BCUT2D eigenvalue weighted by atomic mass is 9.89. The Labute approximate surface area is 351 Å². The van der Waals surface area contributed by atoms with Crippen molar-refractivity contribution in [1.29, 1.82) is 5.26 Å². The zero-order valence-electron chi connectivity index (χ0n) is 33.1. The first-order valence-electron chi connectivity index (χ1n) is 19.2.